The van der Waals surface area contributed by atoms with Gasteiger partial charge >= 0.3 is 11.9 Å². The van der Waals surface area contributed by atoms with Crippen LogP contribution in [0.5, 0.6) is 0 Å². The summed E-state index contributed by atoms with van der Waals surface area (Å²) in [5.74, 6) is -0.360. The van der Waals surface area contributed by atoms with Crippen LogP contribution in [-0.4, -0.2) is 30.0 Å². The van der Waals surface area contributed by atoms with E-state index in [1.54, 1.807) is 0 Å². The third kappa shape index (κ3) is 30.4. The van der Waals surface area contributed by atoms with Crippen molar-refractivity contribution in [3.8, 4) is 0 Å². The fourth-order valence-corrected chi connectivity index (χ4v) is 5.51. The van der Waals surface area contributed by atoms with Crippen molar-refractivity contribution in [1.29, 1.82) is 0 Å². The maximum atomic E-state index is 12.2. The minimum Gasteiger partial charge on any atom is -0.462 e. The van der Waals surface area contributed by atoms with E-state index in [4.69, 9.17) is 9.47 Å². The molecule has 0 rings (SSSR count). The number of esters is 2. The molecule has 1 atom stereocenters. The number of carbonyl (C=O) groups is 2. The van der Waals surface area contributed by atoms with E-state index in [0.29, 0.717) is 18.2 Å². The third-order valence-corrected chi connectivity index (χ3v) is 8.59. The van der Waals surface area contributed by atoms with E-state index in [2.05, 4.69) is 29.8 Å². The molecule has 0 aromatic heterocycles. The molecular weight excluding hydrogens is 564 g/mol. The summed E-state index contributed by atoms with van der Waals surface area (Å²) in [6, 6.07) is 0. The van der Waals surface area contributed by atoms with Gasteiger partial charge in [-0.25, -0.2) is 0 Å². The topological polar surface area (TPSA) is 52.6 Å². The number of unbranched alkanes of at least 4 members (excludes halogenated alkanes) is 24. The van der Waals surface area contributed by atoms with Gasteiger partial charge in [-0.15, -0.1) is 0 Å². The molecule has 0 aliphatic carbocycles. The van der Waals surface area contributed by atoms with Gasteiger partial charge in [0, 0.05) is 18.2 Å². The molecule has 40 heavy (non-hydrogen) atoms. The lowest BCUT2D eigenvalue weighted by Crippen LogP contribution is -2.26. The van der Waals surface area contributed by atoms with Crippen LogP contribution in [0.4, 0.5) is 0 Å². The third-order valence-electron chi connectivity index (χ3n) is 7.87. The predicted octanol–water partition coefficient (Wildman–Crippen LogP) is 11.8. The minimum absolute atomic E-state index is 0.146. The van der Waals surface area contributed by atoms with Crippen LogP contribution in [0.3, 0.4) is 0 Å². The number of hydrogen-bond acceptors (Lipinski definition) is 4. The minimum atomic E-state index is -0.398. The molecule has 0 saturated carbocycles. The van der Waals surface area contributed by atoms with E-state index < -0.39 is 6.10 Å². The first kappa shape index (κ1) is 39.4. The molecule has 1 unspecified atom stereocenters. The van der Waals surface area contributed by atoms with E-state index in [9.17, 15) is 9.59 Å². The van der Waals surface area contributed by atoms with Crippen LogP contribution in [0.25, 0.3) is 0 Å². The molecule has 0 saturated heterocycles. The van der Waals surface area contributed by atoms with Crippen molar-refractivity contribution in [2.75, 3.05) is 11.9 Å². The highest BCUT2D eigenvalue weighted by molar-refractivity contribution is 9.09. The standard InChI is InChI=1S/C35H67BrO4/c1-3-5-7-9-11-13-15-17-19-21-23-25-27-29-34(37)39-32-33(31-36)40-35(38)30-28-26-24-22-20-18-16-14-12-10-8-6-4-2/h33H,3-32H2,1-2H3. The fraction of sp³-hybridized carbons (Fsp3) is 0.943. The van der Waals surface area contributed by atoms with Crippen molar-refractivity contribution in [2.45, 2.75) is 200 Å². The Kier molecular flexibility index (Phi) is 32.5. The molecule has 0 radical (unpaired) electrons. The fourth-order valence-electron chi connectivity index (χ4n) is 5.19. The number of halogens is 1. The Bertz CT molecular complexity index is 539. The number of ether oxygens (including phenoxy) is 2. The smallest absolute Gasteiger partial charge is 0.306 e. The second kappa shape index (κ2) is 32.9. The van der Waals surface area contributed by atoms with Crippen molar-refractivity contribution < 1.29 is 19.1 Å². The molecule has 0 heterocycles. The van der Waals surface area contributed by atoms with E-state index in [0.717, 1.165) is 25.7 Å². The van der Waals surface area contributed by atoms with E-state index in [1.165, 1.54) is 141 Å². The van der Waals surface area contributed by atoms with Gasteiger partial charge in [-0.3, -0.25) is 9.59 Å². The molecule has 0 aliphatic heterocycles. The van der Waals surface area contributed by atoms with Crippen LogP contribution >= 0.6 is 15.9 Å². The summed E-state index contributed by atoms with van der Waals surface area (Å²) < 4.78 is 10.9. The van der Waals surface area contributed by atoms with Crippen molar-refractivity contribution in [2.24, 2.45) is 0 Å². The first-order chi connectivity index (χ1) is 19.6. The summed E-state index contributed by atoms with van der Waals surface area (Å²) in [4.78, 5) is 24.3. The zero-order valence-electron chi connectivity index (χ0n) is 26.8. The summed E-state index contributed by atoms with van der Waals surface area (Å²) in [7, 11) is 0. The lowest BCUT2D eigenvalue weighted by Gasteiger charge is -2.15. The molecular formula is C35H67BrO4. The Morgan fingerprint density at radius 3 is 1.10 bits per heavy atom. The average molecular weight is 632 g/mol. The molecule has 4 nitrogen and oxygen atoms in total. The molecule has 0 fully saturated rings. The summed E-state index contributed by atoms with van der Waals surface area (Å²) in [6.45, 7) is 4.68. The highest BCUT2D eigenvalue weighted by atomic mass is 79.9. The van der Waals surface area contributed by atoms with Crippen LogP contribution in [0.15, 0.2) is 0 Å². The first-order valence-electron chi connectivity index (χ1n) is 17.5. The van der Waals surface area contributed by atoms with Gasteiger partial charge in [0.25, 0.3) is 0 Å². The Balaban J connectivity index is 3.53. The summed E-state index contributed by atoms with van der Waals surface area (Å²) in [5, 5.41) is 0.489. The van der Waals surface area contributed by atoms with Crippen LogP contribution in [0.1, 0.15) is 194 Å². The zero-order chi connectivity index (χ0) is 29.4. The maximum Gasteiger partial charge on any atom is 0.306 e. The molecule has 0 aliphatic rings. The second-order valence-corrected chi connectivity index (χ2v) is 12.6. The van der Waals surface area contributed by atoms with Gasteiger partial charge in [0.05, 0.1) is 0 Å². The van der Waals surface area contributed by atoms with Crippen molar-refractivity contribution in [3.05, 3.63) is 0 Å². The van der Waals surface area contributed by atoms with Gasteiger partial charge < -0.3 is 9.47 Å². The van der Waals surface area contributed by atoms with Gasteiger partial charge in [0.1, 0.15) is 12.7 Å². The Morgan fingerprint density at radius 2 is 0.775 bits per heavy atom. The van der Waals surface area contributed by atoms with Crippen molar-refractivity contribution in [1.82, 2.24) is 0 Å². The van der Waals surface area contributed by atoms with E-state index in [-0.39, 0.29) is 18.5 Å². The average Bonchev–Trinajstić information content (AvgIpc) is 2.96. The lowest BCUT2D eigenvalue weighted by molar-refractivity contribution is -0.157. The van der Waals surface area contributed by atoms with Gasteiger partial charge in [0.2, 0.25) is 0 Å². The second-order valence-electron chi connectivity index (χ2n) is 11.9. The highest BCUT2D eigenvalue weighted by Gasteiger charge is 2.15. The summed E-state index contributed by atoms with van der Waals surface area (Å²) in [6.07, 6.45) is 34.1. The van der Waals surface area contributed by atoms with Crippen molar-refractivity contribution in [3.63, 3.8) is 0 Å². The zero-order valence-corrected chi connectivity index (χ0v) is 28.4. The number of rotatable bonds is 32. The van der Waals surface area contributed by atoms with E-state index >= 15 is 0 Å². The highest BCUT2D eigenvalue weighted by Crippen LogP contribution is 2.15. The Labute approximate surface area is 258 Å². The van der Waals surface area contributed by atoms with Crippen LogP contribution in [0, 0.1) is 0 Å². The van der Waals surface area contributed by atoms with Crippen LogP contribution < -0.4 is 0 Å². The van der Waals surface area contributed by atoms with E-state index in [1.807, 2.05) is 0 Å². The molecule has 0 aromatic rings. The quantitative estimate of drug-likeness (QED) is 0.0421. The predicted molar refractivity (Wildman–Crippen MR) is 175 cm³/mol. The number of alkyl halides is 1. The molecule has 0 aromatic carbocycles. The summed E-state index contributed by atoms with van der Waals surface area (Å²) >= 11 is 3.39. The SMILES string of the molecule is CCCCCCCCCCCCCCCC(=O)OCC(CBr)OC(=O)CCCCCCCCCCCCCCC. The monoisotopic (exact) mass is 630 g/mol. The molecule has 0 spiro atoms. The van der Waals surface area contributed by atoms with Crippen molar-refractivity contribution >= 4 is 27.9 Å². The Hall–Kier alpha value is -0.580. The maximum absolute atomic E-state index is 12.2. The first-order valence-corrected chi connectivity index (χ1v) is 18.7. The largest absolute Gasteiger partial charge is 0.462 e. The van der Waals surface area contributed by atoms with Crippen LogP contribution in [0.2, 0.25) is 0 Å². The number of hydrogen-bond donors (Lipinski definition) is 0. The molecule has 0 bridgehead atoms. The molecule has 0 N–H and O–H groups in total. The lowest BCUT2D eigenvalue weighted by atomic mass is 10.0. The van der Waals surface area contributed by atoms with Gasteiger partial charge in [-0.1, -0.05) is 184 Å². The summed E-state index contributed by atoms with van der Waals surface area (Å²) in [5.41, 5.74) is 0. The van der Waals surface area contributed by atoms with Gasteiger partial charge in [-0.2, -0.15) is 0 Å². The van der Waals surface area contributed by atoms with Gasteiger partial charge in [-0.05, 0) is 12.8 Å². The normalized spacial score (nSPS) is 12.0. The molecule has 238 valence electrons. The molecule has 0 amide bonds. The van der Waals surface area contributed by atoms with Gasteiger partial charge in [0.15, 0.2) is 0 Å². The Morgan fingerprint density at radius 1 is 0.475 bits per heavy atom. The molecule has 5 heteroatoms. The number of carbonyl (C=O) groups excluding carboxylic acids is 2. The van der Waals surface area contributed by atoms with Crippen LogP contribution in [-0.2, 0) is 19.1 Å².